The number of rotatable bonds is 5. The van der Waals surface area contributed by atoms with Gasteiger partial charge in [0.25, 0.3) is 0 Å². The zero-order chi connectivity index (χ0) is 23.2. The van der Waals surface area contributed by atoms with Crippen LogP contribution in [0.15, 0.2) is 70.8 Å². The van der Waals surface area contributed by atoms with Crippen LogP contribution in [0.1, 0.15) is 22.3 Å². The third kappa shape index (κ3) is 6.73. The van der Waals surface area contributed by atoms with Crippen LogP contribution in [0.4, 0.5) is 26.3 Å². The molecule has 10 heteroatoms. The molecule has 3 rings (SSSR count). The highest BCUT2D eigenvalue weighted by molar-refractivity contribution is 6.09. The Morgan fingerprint density at radius 3 is 1.66 bits per heavy atom. The van der Waals surface area contributed by atoms with Gasteiger partial charge < -0.3 is 5.32 Å². The summed E-state index contributed by atoms with van der Waals surface area (Å²) in [5.41, 5.74) is 2.65. The van der Waals surface area contributed by atoms with Gasteiger partial charge in [0.15, 0.2) is 0 Å². The van der Waals surface area contributed by atoms with E-state index in [2.05, 4.69) is 20.8 Å². The second-order valence-electron chi connectivity index (χ2n) is 6.71. The average Bonchev–Trinajstić information content (AvgIpc) is 3.26. The normalized spacial score (nSPS) is 14.5. The van der Waals surface area contributed by atoms with Gasteiger partial charge in [-0.15, -0.1) is 0 Å². The molecule has 2 aromatic carbocycles. The first-order valence-corrected chi connectivity index (χ1v) is 9.44. The Kier molecular flexibility index (Phi) is 7.01. The first kappa shape index (κ1) is 23.1. The molecule has 4 nitrogen and oxygen atoms in total. The van der Waals surface area contributed by atoms with E-state index < -0.39 is 23.5 Å². The molecule has 0 radical (unpaired) electrons. The quantitative estimate of drug-likeness (QED) is 0.365. The van der Waals surface area contributed by atoms with Crippen LogP contribution in [0.3, 0.4) is 0 Å². The summed E-state index contributed by atoms with van der Waals surface area (Å²) in [4.78, 5) is 4.14. The number of nitrogens with one attached hydrogen (secondary N) is 2. The number of halogens is 6. The van der Waals surface area contributed by atoms with E-state index in [1.165, 1.54) is 24.3 Å². The Bertz CT molecular complexity index is 961. The smallest absolute Gasteiger partial charge is 0.353 e. The summed E-state index contributed by atoms with van der Waals surface area (Å²) in [6.45, 7) is 1.26. The molecule has 0 atom stereocenters. The highest BCUT2D eigenvalue weighted by Gasteiger charge is 2.30. The van der Waals surface area contributed by atoms with E-state index in [4.69, 9.17) is 0 Å². The first-order chi connectivity index (χ1) is 15.1. The highest BCUT2D eigenvalue weighted by atomic mass is 19.4. The fourth-order valence-corrected chi connectivity index (χ4v) is 2.65. The second-order valence-corrected chi connectivity index (χ2v) is 6.71. The summed E-state index contributed by atoms with van der Waals surface area (Å²) in [5, 5.41) is 7.16. The SMILES string of the molecule is FC(F)(F)c1ccc(C=CC(C=Cc2ccc(C(F)(F)F)cc2)=NNC2=NCCN2)cc1. The molecule has 0 bridgehead atoms. The predicted molar refractivity (Wildman–Crippen MR) is 112 cm³/mol. The van der Waals surface area contributed by atoms with Crippen molar-refractivity contribution in [1.29, 1.82) is 0 Å². The van der Waals surface area contributed by atoms with E-state index >= 15 is 0 Å². The maximum absolute atomic E-state index is 12.7. The zero-order valence-electron chi connectivity index (χ0n) is 16.5. The molecule has 32 heavy (non-hydrogen) atoms. The fourth-order valence-electron chi connectivity index (χ4n) is 2.65. The summed E-state index contributed by atoms with van der Waals surface area (Å²) < 4.78 is 76.2. The minimum atomic E-state index is -4.42. The summed E-state index contributed by atoms with van der Waals surface area (Å²) >= 11 is 0. The van der Waals surface area contributed by atoms with Crippen LogP contribution in [0.2, 0.25) is 0 Å². The van der Waals surface area contributed by atoms with Crippen molar-refractivity contribution in [3.63, 3.8) is 0 Å². The van der Waals surface area contributed by atoms with Crippen molar-refractivity contribution in [2.45, 2.75) is 12.4 Å². The number of hydrazone groups is 1. The van der Waals surface area contributed by atoms with E-state index in [0.29, 0.717) is 35.9 Å². The van der Waals surface area contributed by atoms with E-state index in [0.717, 1.165) is 24.3 Å². The lowest BCUT2D eigenvalue weighted by molar-refractivity contribution is -0.138. The predicted octanol–water partition coefficient (Wildman–Crippen LogP) is 5.36. The summed E-state index contributed by atoms with van der Waals surface area (Å²) in [7, 11) is 0. The minimum Gasteiger partial charge on any atom is -0.353 e. The number of alkyl halides is 6. The molecule has 168 valence electrons. The van der Waals surface area contributed by atoms with Crippen LogP contribution < -0.4 is 10.7 Å². The molecule has 1 heterocycles. The van der Waals surface area contributed by atoms with Crippen molar-refractivity contribution in [2.24, 2.45) is 10.1 Å². The number of benzene rings is 2. The first-order valence-electron chi connectivity index (χ1n) is 9.44. The molecular weight excluding hydrogens is 434 g/mol. The van der Waals surface area contributed by atoms with Gasteiger partial charge in [-0.25, -0.2) is 10.4 Å². The number of hydrogen-bond acceptors (Lipinski definition) is 4. The molecule has 0 unspecified atom stereocenters. The van der Waals surface area contributed by atoms with Crippen LogP contribution in [0.5, 0.6) is 0 Å². The Labute approximate surface area is 180 Å². The summed E-state index contributed by atoms with van der Waals surface area (Å²) in [6.07, 6.45) is -2.57. The fraction of sp³-hybridized carbons (Fsp3) is 0.182. The minimum absolute atomic E-state index is 0.376. The van der Waals surface area contributed by atoms with Crippen molar-refractivity contribution in [3.8, 4) is 0 Å². The molecule has 0 aliphatic carbocycles. The van der Waals surface area contributed by atoms with Gasteiger partial charge in [-0.1, -0.05) is 36.4 Å². The molecular formula is C22H18F6N4. The van der Waals surface area contributed by atoms with Crippen molar-refractivity contribution < 1.29 is 26.3 Å². The molecule has 0 saturated heterocycles. The molecule has 1 aliphatic heterocycles. The third-order valence-corrected chi connectivity index (χ3v) is 4.33. The van der Waals surface area contributed by atoms with E-state index in [-0.39, 0.29) is 0 Å². The van der Waals surface area contributed by atoms with Gasteiger partial charge in [-0.2, -0.15) is 31.4 Å². The van der Waals surface area contributed by atoms with Crippen molar-refractivity contribution >= 4 is 23.8 Å². The largest absolute Gasteiger partial charge is 0.416 e. The molecule has 1 aliphatic rings. The van der Waals surface area contributed by atoms with Gasteiger partial charge in [0.2, 0.25) is 5.96 Å². The van der Waals surface area contributed by atoms with E-state index in [1.807, 2.05) is 0 Å². The van der Waals surface area contributed by atoms with Gasteiger partial charge in [0.1, 0.15) is 0 Å². The van der Waals surface area contributed by atoms with Crippen LogP contribution in [-0.2, 0) is 12.4 Å². The Morgan fingerprint density at radius 2 is 1.28 bits per heavy atom. The zero-order valence-corrected chi connectivity index (χ0v) is 16.5. The number of aliphatic imine (C=N–C) groups is 1. The number of nitrogens with zero attached hydrogens (tertiary/aromatic N) is 2. The average molecular weight is 452 g/mol. The van der Waals surface area contributed by atoms with Crippen LogP contribution in [-0.4, -0.2) is 24.8 Å². The molecule has 0 saturated carbocycles. The summed E-state index contributed by atoms with van der Waals surface area (Å²) in [5.74, 6) is 0.466. The van der Waals surface area contributed by atoms with Gasteiger partial charge in [0, 0.05) is 6.54 Å². The van der Waals surface area contributed by atoms with E-state index in [1.54, 1.807) is 24.3 Å². The maximum Gasteiger partial charge on any atom is 0.416 e. The van der Waals surface area contributed by atoms with Gasteiger partial charge >= 0.3 is 12.4 Å². The Hall–Kier alpha value is -3.56. The Morgan fingerprint density at radius 1 is 0.812 bits per heavy atom. The lowest BCUT2D eigenvalue weighted by Crippen LogP contribution is -2.30. The standard InChI is InChI=1S/C22H18F6N4/c23-21(24,25)17-7-1-15(2-8-17)5-11-19(31-32-20-29-13-14-30-20)12-6-16-3-9-18(10-4-16)22(26,27)28/h1-12H,13-14H2,(H2,29,30,32). The van der Waals surface area contributed by atoms with Crippen molar-refractivity contribution in [1.82, 2.24) is 10.7 Å². The van der Waals surface area contributed by atoms with Crippen LogP contribution >= 0.6 is 0 Å². The van der Waals surface area contributed by atoms with E-state index in [9.17, 15) is 26.3 Å². The molecule has 2 N–H and O–H groups in total. The number of guanidine groups is 1. The Balaban J connectivity index is 1.78. The maximum atomic E-state index is 12.7. The topological polar surface area (TPSA) is 48.8 Å². The van der Waals surface area contributed by atoms with Crippen molar-refractivity contribution in [3.05, 3.63) is 82.9 Å². The monoisotopic (exact) mass is 452 g/mol. The molecule has 2 aromatic rings. The lowest BCUT2D eigenvalue weighted by atomic mass is 10.1. The van der Waals surface area contributed by atoms with Crippen LogP contribution in [0.25, 0.3) is 12.2 Å². The van der Waals surface area contributed by atoms with Gasteiger partial charge in [0.05, 0.1) is 23.4 Å². The second kappa shape index (κ2) is 9.71. The molecule has 0 aromatic heterocycles. The highest BCUT2D eigenvalue weighted by Crippen LogP contribution is 2.30. The van der Waals surface area contributed by atoms with Crippen LogP contribution in [0, 0.1) is 0 Å². The molecule has 0 fully saturated rings. The third-order valence-electron chi connectivity index (χ3n) is 4.33. The molecule has 0 amide bonds. The lowest BCUT2D eigenvalue weighted by Gasteiger charge is -2.06. The number of hydrogen-bond donors (Lipinski definition) is 2. The molecule has 0 spiro atoms. The summed E-state index contributed by atoms with van der Waals surface area (Å²) in [6, 6.07) is 9.21. The van der Waals surface area contributed by atoms with Gasteiger partial charge in [-0.05, 0) is 47.5 Å². The van der Waals surface area contributed by atoms with Crippen molar-refractivity contribution in [2.75, 3.05) is 13.1 Å². The number of allylic oxidation sites excluding steroid dienone is 2. The van der Waals surface area contributed by atoms with Gasteiger partial charge in [-0.3, -0.25) is 0 Å².